The van der Waals surface area contributed by atoms with Crippen LogP contribution in [0.25, 0.3) is 0 Å². The summed E-state index contributed by atoms with van der Waals surface area (Å²) in [6.07, 6.45) is 5.11. The molecule has 29 heavy (non-hydrogen) atoms. The van der Waals surface area contributed by atoms with E-state index in [0.717, 1.165) is 37.6 Å². The molecule has 2 heterocycles. The molecule has 158 valence electrons. The highest BCUT2D eigenvalue weighted by Crippen LogP contribution is 2.26. The fraction of sp³-hybridized carbons (Fsp3) is 0.500. The summed E-state index contributed by atoms with van der Waals surface area (Å²) in [5, 5.41) is 7.66. The molecule has 0 bridgehead atoms. The molecule has 1 aliphatic heterocycles. The van der Waals surface area contributed by atoms with Gasteiger partial charge in [-0.3, -0.25) is 4.68 Å². The van der Waals surface area contributed by atoms with Crippen LogP contribution in [0.5, 0.6) is 0 Å². The highest BCUT2D eigenvalue weighted by Gasteiger charge is 2.26. The van der Waals surface area contributed by atoms with Crippen LogP contribution in [0.4, 0.5) is 0 Å². The molecule has 0 radical (unpaired) electrons. The number of likely N-dealkylation sites (tertiary alicyclic amines) is 1. The van der Waals surface area contributed by atoms with E-state index in [0.29, 0.717) is 17.4 Å². The fourth-order valence-corrected chi connectivity index (χ4v) is 4.35. The lowest BCUT2D eigenvalue weighted by atomic mass is 10.0. The Bertz CT molecular complexity index is 950. The highest BCUT2D eigenvalue weighted by molar-refractivity contribution is 7.89. The fourth-order valence-electron chi connectivity index (χ4n) is 3.45. The maximum absolute atomic E-state index is 12.2. The maximum atomic E-state index is 12.2. The second kappa shape index (κ2) is 8.96. The van der Waals surface area contributed by atoms with Crippen molar-refractivity contribution in [3.8, 4) is 0 Å². The third kappa shape index (κ3) is 4.97. The zero-order valence-corrected chi connectivity index (χ0v) is 18.4. The molecular formula is C20H30N6O2S. The van der Waals surface area contributed by atoms with E-state index in [1.165, 1.54) is 24.0 Å². The van der Waals surface area contributed by atoms with Gasteiger partial charge in [0.25, 0.3) is 0 Å². The third-order valence-corrected chi connectivity index (χ3v) is 6.96. The summed E-state index contributed by atoms with van der Waals surface area (Å²) < 4.78 is 27.4. The number of sulfonamides is 1. The van der Waals surface area contributed by atoms with E-state index < -0.39 is 10.0 Å². The number of guanidine groups is 1. The lowest BCUT2D eigenvalue weighted by Crippen LogP contribution is -2.40. The predicted octanol–water partition coefficient (Wildman–Crippen LogP) is 1.63. The number of aliphatic imine (C=N–C) groups is 1. The van der Waals surface area contributed by atoms with Crippen LogP contribution in [0.1, 0.15) is 30.4 Å². The molecule has 1 unspecified atom stereocenters. The number of aromatic nitrogens is 2. The first-order valence-electron chi connectivity index (χ1n) is 9.84. The van der Waals surface area contributed by atoms with E-state index in [1.807, 2.05) is 30.1 Å². The zero-order chi connectivity index (χ0) is 21.0. The summed E-state index contributed by atoms with van der Waals surface area (Å²) in [4.78, 5) is 7.35. The molecule has 1 N–H and O–H groups in total. The Labute approximate surface area is 173 Å². The largest absolute Gasteiger partial charge is 0.357 e. The summed E-state index contributed by atoms with van der Waals surface area (Å²) in [6, 6.07) is 6.93. The molecule has 1 aromatic carbocycles. The standard InChI is InChI=1S/C20H30N6O2S/c1-5-21-20(26-11-10-17(15-26)18-13-23-25(4)14-18)22-12-16-6-8-19(9-7-16)29(27,28)24(2)3/h6-9,13-14,17H,5,10-12,15H2,1-4H3,(H,21,22). The first-order valence-corrected chi connectivity index (χ1v) is 11.3. The van der Waals surface area contributed by atoms with Gasteiger partial charge in [-0.25, -0.2) is 17.7 Å². The third-order valence-electron chi connectivity index (χ3n) is 5.13. The van der Waals surface area contributed by atoms with Gasteiger partial charge in [0.1, 0.15) is 0 Å². The molecule has 2 aromatic rings. The average Bonchev–Trinajstić information content (AvgIpc) is 3.34. The van der Waals surface area contributed by atoms with Crippen LogP contribution in [-0.2, 0) is 23.6 Å². The topological polar surface area (TPSA) is 82.8 Å². The molecule has 1 fully saturated rings. The second-order valence-corrected chi connectivity index (χ2v) is 9.63. The van der Waals surface area contributed by atoms with E-state index in [9.17, 15) is 8.42 Å². The van der Waals surface area contributed by atoms with Crippen molar-refractivity contribution in [3.63, 3.8) is 0 Å². The van der Waals surface area contributed by atoms with Crippen LogP contribution < -0.4 is 5.32 Å². The molecule has 1 aliphatic rings. The van der Waals surface area contributed by atoms with Gasteiger partial charge in [0.2, 0.25) is 10.0 Å². The molecule has 1 aromatic heterocycles. The predicted molar refractivity (Wildman–Crippen MR) is 114 cm³/mol. The summed E-state index contributed by atoms with van der Waals surface area (Å²) >= 11 is 0. The van der Waals surface area contributed by atoms with Crippen LogP contribution in [0.15, 0.2) is 46.5 Å². The number of nitrogens with zero attached hydrogens (tertiary/aromatic N) is 5. The minimum Gasteiger partial charge on any atom is -0.357 e. The van der Waals surface area contributed by atoms with Crippen LogP contribution in [0.3, 0.4) is 0 Å². The van der Waals surface area contributed by atoms with E-state index in [4.69, 9.17) is 4.99 Å². The maximum Gasteiger partial charge on any atom is 0.242 e. The van der Waals surface area contributed by atoms with Crippen LogP contribution in [0, 0.1) is 0 Å². The molecule has 9 heteroatoms. The lowest BCUT2D eigenvalue weighted by Gasteiger charge is -2.21. The summed E-state index contributed by atoms with van der Waals surface area (Å²) in [7, 11) is 1.60. The van der Waals surface area contributed by atoms with Crippen molar-refractivity contribution in [1.82, 2.24) is 24.3 Å². The van der Waals surface area contributed by atoms with Crippen molar-refractivity contribution < 1.29 is 8.42 Å². The van der Waals surface area contributed by atoms with Gasteiger partial charge in [-0.05, 0) is 36.6 Å². The van der Waals surface area contributed by atoms with Crippen molar-refractivity contribution in [1.29, 1.82) is 0 Å². The molecule has 0 spiro atoms. The van der Waals surface area contributed by atoms with Gasteiger partial charge in [-0.2, -0.15) is 5.10 Å². The van der Waals surface area contributed by atoms with Crippen LogP contribution in [-0.4, -0.2) is 67.1 Å². The molecular weight excluding hydrogens is 388 g/mol. The normalized spacial score (nSPS) is 17.9. The lowest BCUT2D eigenvalue weighted by molar-refractivity contribution is 0.486. The van der Waals surface area contributed by atoms with Gasteiger partial charge in [0.15, 0.2) is 5.96 Å². The Hall–Kier alpha value is -2.39. The number of nitrogens with one attached hydrogen (secondary N) is 1. The van der Waals surface area contributed by atoms with E-state index in [1.54, 1.807) is 12.1 Å². The Kier molecular flexibility index (Phi) is 6.59. The summed E-state index contributed by atoms with van der Waals surface area (Å²) in [6.45, 7) is 5.22. The quantitative estimate of drug-likeness (QED) is 0.569. The van der Waals surface area contributed by atoms with Crippen molar-refractivity contribution in [2.75, 3.05) is 33.7 Å². The molecule has 0 amide bonds. The number of hydrogen-bond donors (Lipinski definition) is 1. The molecule has 1 saturated heterocycles. The van der Waals surface area contributed by atoms with Gasteiger partial charge in [-0.1, -0.05) is 12.1 Å². The van der Waals surface area contributed by atoms with Gasteiger partial charge in [0, 0.05) is 52.9 Å². The molecule has 0 saturated carbocycles. The summed E-state index contributed by atoms with van der Waals surface area (Å²) in [5.74, 6) is 1.35. The first kappa shape index (κ1) is 21.3. The Morgan fingerprint density at radius 2 is 2.03 bits per heavy atom. The highest BCUT2D eigenvalue weighted by atomic mass is 32.2. The average molecular weight is 419 g/mol. The minimum absolute atomic E-state index is 0.293. The van der Waals surface area contributed by atoms with Crippen molar-refractivity contribution in [2.45, 2.75) is 30.7 Å². The Morgan fingerprint density at radius 3 is 2.62 bits per heavy atom. The van der Waals surface area contributed by atoms with Crippen molar-refractivity contribution in [2.24, 2.45) is 12.0 Å². The Balaban J connectivity index is 1.68. The Morgan fingerprint density at radius 1 is 1.31 bits per heavy atom. The van der Waals surface area contributed by atoms with E-state index in [-0.39, 0.29) is 0 Å². The molecule has 8 nitrogen and oxygen atoms in total. The second-order valence-electron chi connectivity index (χ2n) is 7.48. The van der Waals surface area contributed by atoms with E-state index in [2.05, 4.69) is 28.4 Å². The van der Waals surface area contributed by atoms with Crippen LogP contribution in [0.2, 0.25) is 0 Å². The summed E-state index contributed by atoms with van der Waals surface area (Å²) in [5.41, 5.74) is 2.24. The molecule has 1 atom stereocenters. The van der Waals surface area contributed by atoms with E-state index >= 15 is 0 Å². The van der Waals surface area contributed by atoms with Crippen molar-refractivity contribution in [3.05, 3.63) is 47.8 Å². The smallest absolute Gasteiger partial charge is 0.242 e. The van der Waals surface area contributed by atoms with Gasteiger partial charge < -0.3 is 10.2 Å². The molecule has 0 aliphatic carbocycles. The first-order chi connectivity index (χ1) is 13.8. The van der Waals surface area contributed by atoms with Crippen LogP contribution >= 0.6 is 0 Å². The number of rotatable bonds is 6. The minimum atomic E-state index is -3.41. The molecule has 3 rings (SSSR count). The van der Waals surface area contributed by atoms with Gasteiger partial charge in [0.05, 0.1) is 17.6 Å². The zero-order valence-electron chi connectivity index (χ0n) is 17.5. The van der Waals surface area contributed by atoms with Gasteiger partial charge >= 0.3 is 0 Å². The van der Waals surface area contributed by atoms with Crippen molar-refractivity contribution >= 4 is 16.0 Å². The SMILES string of the molecule is CCNC(=NCc1ccc(S(=O)(=O)N(C)C)cc1)N1CCC(c2cnn(C)c2)C1. The number of benzene rings is 1. The number of hydrogen-bond acceptors (Lipinski definition) is 4. The monoisotopic (exact) mass is 418 g/mol. The number of aryl methyl sites for hydroxylation is 1. The van der Waals surface area contributed by atoms with Gasteiger partial charge in [-0.15, -0.1) is 0 Å².